The van der Waals surface area contributed by atoms with Crippen LogP contribution in [0.3, 0.4) is 0 Å². The van der Waals surface area contributed by atoms with Crippen molar-refractivity contribution in [3.63, 3.8) is 0 Å². The quantitative estimate of drug-likeness (QED) is 0.281. The van der Waals surface area contributed by atoms with Crippen LogP contribution >= 0.6 is 38.9 Å². The van der Waals surface area contributed by atoms with E-state index in [0.29, 0.717) is 9.90 Å². The predicted molar refractivity (Wildman–Crippen MR) is 121 cm³/mol. The van der Waals surface area contributed by atoms with Crippen molar-refractivity contribution in [1.82, 2.24) is 15.7 Å². The van der Waals surface area contributed by atoms with Crippen LogP contribution in [-0.2, 0) is 4.79 Å². The highest BCUT2D eigenvalue weighted by Gasteiger charge is 2.17. The molecule has 0 saturated carbocycles. The Morgan fingerprint density at radius 3 is 2.86 bits per heavy atom. The molecule has 0 saturated heterocycles. The zero-order valence-electron chi connectivity index (χ0n) is 14.8. The van der Waals surface area contributed by atoms with Gasteiger partial charge in [-0.1, -0.05) is 45.7 Å². The van der Waals surface area contributed by atoms with Gasteiger partial charge < -0.3 is 10.3 Å². The molecule has 0 aliphatic carbocycles. The van der Waals surface area contributed by atoms with E-state index in [9.17, 15) is 9.59 Å². The molecule has 3 N–H and O–H groups in total. The third-order valence-corrected chi connectivity index (χ3v) is 6.39. The fourth-order valence-electron chi connectivity index (χ4n) is 2.84. The van der Waals surface area contributed by atoms with E-state index < -0.39 is 11.8 Å². The van der Waals surface area contributed by atoms with Gasteiger partial charge in [0.1, 0.15) is 4.88 Å². The normalized spacial score (nSPS) is 11.4. The van der Waals surface area contributed by atoms with Crippen LogP contribution < -0.4 is 10.7 Å². The van der Waals surface area contributed by atoms with Gasteiger partial charge in [0.15, 0.2) is 0 Å². The maximum atomic E-state index is 12.4. The SMILES string of the molecule is O=C(CNC(=O)c1sc2ccccc2c1Cl)N/N=C\c1c[nH]c2ccc(Br)cc12. The molecule has 0 radical (unpaired) electrons. The Bertz CT molecular complexity index is 1260. The summed E-state index contributed by atoms with van der Waals surface area (Å²) in [5.74, 6) is -0.829. The Kier molecular flexibility index (Phi) is 5.66. The average molecular weight is 490 g/mol. The van der Waals surface area contributed by atoms with Crippen molar-refractivity contribution in [2.75, 3.05) is 6.54 Å². The second-order valence-corrected chi connectivity index (χ2v) is 8.50. The smallest absolute Gasteiger partial charge is 0.263 e. The lowest BCUT2D eigenvalue weighted by molar-refractivity contribution is -0.120. The van der Waals surface area contributed by atoms with Gasteiger partial charge in [-0.05, 0) is 24.3 Å². The summed E-state index contributed by atoms with van der Waals surface area (Å²) < 4.78 is 1.87. The van der Waals surface area contributed by atoms with Crippen molar-refractivity contribution < 1.29 is 9.59 Å². The summed E-state index contributed by atoms with van der Waals surface area (Å²) in [6.45, 7) is -0.208. The Hall–Kier alpha value is -2.68. The lowest BCUT2D eigenvalue weighted by Crippen LogP contribution is -2.34. The number of hydrogen-bond acceptors (Lipinski definition) is 4. The molecule has 9 heteroatoms. The van der Waals surface area contributed by atoms with Crippen molar-refractivity contribution in [3.8, 4) is 0 Å². The summed E-state index contributed by atoms with van der Waals surface area (Å²) in [7, 11) is 0. The minimum atomic E-state index is -0.437. The number of nitrogens with one attached hydrogen (secondary N) is 3. The average Bonchev–Trinajstić information content (AvgIpc) is 3.27. The highest BCUT2D eigenvalue weighted by Crippen LogP contribution is 2.34. The molecule has 0 aliphatic heterocycles. The molecule has 2 heterocycles. The van der Waals surface area contributed by atoms with Crippen molar-refractivity contribution in [2.45, 2.75) is 0 Å². The van der Waals surface area contributed by atoms with Crippen LogP contribution in [0.25, 0.3) is 21.0 Å². The minimum absolute atomic E-state index is 0.208. The van der Waals surface area contributed by atoms with E-state index >= 15 is 0 Å². The first-order valence-electron chi connectivity index (χ1n) is 8.56. The van der Waals surface area contributed by atoms with Gasteiger partial charge >= 0.3 is 0 Å². The van der Waals surface area contributed by atoms with Crippen LogP contribution in [0.15, 0.2) is 58.2 Å². The third-order valence-electron chi connectivity index (χ3n) is 4.22. The molecule has 2 aromatic carbocycles. The largest absolute Gasteiger partial charge is 0.361 e. The molecule has 146 valence electrons. The molecule has 6 nitrogen and oxygen atoms in total. The number of hydrazone groups is 1. The van der Waals surface area contributed by atoms with Crippen molar-refractivity contribution >= 4 is 77.9 Å². The number of amides is 2. The summed E-state index contributed by atoms with van der Waals surface area (Å²) in [6, 6.07) is 13.3. The number of thiophene rings is 1. The number of aromatic amines is 1. The maximum absolute atomic E-state index is 12.4. The van der Waals surface area contributed by atoms with Crippen LogP contribution in [0.4, 0.5) is 0 Å². The topological polar surface area (TPSA) is 86.3 Å². The highest BCUT2D eigenvalue weighted by molar-refractivity contribution is 9.10. The first-order chi connectivity index (χ1) is 14.0. The highest BCUT2D eigenvalue weighted by atomic mass is 79.9. The second kappa shape index (κ2) is 8.36. The first-order valence-corrected chi connectivity index (χ1v) is 10.6. The van der Waals surface area contributed by atoms with Gasteiger partial charge in [-0.25, -0.2) is 5.43 Å². The lowest BCUT2D eigenvalue weighted by atomic mass is 10.2. The van der Waals surface area contributed by atoms with Gasteiger partial charge in [-0.3, -0.25) is 9.59 Å². The zero-order chi connectivity index (χ0) is 20.4. The Balaban J connectivity index is 1.36. The predicted octanol–water partition coefficient (Wildman–Crippen LogP) is 4.68. The first kappa shape index (κ1) is 19.6. The van der Waals surface area contributed by atoms with Crippen LogP contribution in [0.1, 0.15) is 15.2 Å². The number of nitrogens with zero attached hydrogens (tertiary/aromatic N) is 1. The molecule has 2 amide bonds. The number of carbonyl (C=O) groups is 2. The fraction of sp³-hybridized carbons (Fsp3) is 0.0500. The number of benzene rings is 2. The van der Waals surface area contributed by atoms with Crippen molar-refractivity contribution in [3.05, 3.63) is 68.6 Å². The van der Waals surface area contributed by atoms with E-state index in [2.05, 4.69) is 36.8 Å². The van der Waals surface area contributed by atoms with Crippen LogP contribution in [0.2, 0.25) is 5.02 Å². The summed E-state index contributed by atoms with van der Waals surface area (Å²) >= 11 is 11.0. The Morgan fingerprint density at radius 2 is 2.03 bits per heavy atom. The number of H-pyrrole nitrogens is 1. The molecule has 4 rings (SSSR count). The minimum Gasteiger partial charge on any atom is -0.361 e. The van der Waals surface area contributed by atoms with E-state index in [4.69, 9.17) is 11.6 Å². The van der Waals surface area contributed by atoms with Gasteiger partial charge in [-0.15, -0.1) is 11.3 Å². The van der Waals surface area contributed by atoms with E-state index in [-0.39, 0.29) is 6.54 Å². The van der Waals surface area contributed by atoms with Crippen LogP contribution in [0.5, 0.6) is 0 Å². The third kappa shape index (κ3) is 4.19. The van der Waals surface area contributed by atoms with Gasteiger partial charge in [0.05, 0.1) is 17.8 Å². The number of fused-ring (bicyclic) bond motifs is 2. The molecule has 0 fully saturated rings. The number of carbonyl (C=O) groups excluding carboxylic acids is 2. The molecule has 0 unspecified atom stereocenters. The number of aromatic nitrogens is 1. The van der Waals surface area contributed by atoms with Crippen LogP contribution in [-0.4, -0.2) is 29.6 Å². The van der Waals surface area contributed by atoms with Gasteiger partial charge in [0, 0.05) is 37.2 Å². The molecule has 0 bridgehead atoms. The molecule has 0 aliphatic rings. The second-order valence-electron chi connectivity index (χ2n) is 6.15. The van der Waals surface area contributed by atoms with Gasteiger partial charge in [0.25, 0.3) is 11.8 Å². The number of hydrogen-bond donors (Lipinski definition) is 3. The Labute approximate surface area is 183 Å². The monoisotopic (exact) mass is 488 g/mol. The number of halogens is 2. The lowest BCUT2D eigenvalue weighted by Gasteiger charge is -2.03. The molecule has 2 aromatic heterocycles. The zero-order valence-corrected chi connectivity index (χ0v) is 18.0. The van der Waals surface area contributed by atoms with Crippen molar-refractivity contribution in [2.24, 2.45) is 5.10 Å². The van der Waals surface area contributed by atoms with Gasteiger partial charge in [-0.2, -0.15) is 5.10 Å². The fourth-order valence-corrected chi connectivity index (χ4v) is 4.63. The molecule has 0 spiro atoms. The van der Waals surface area contributed by atoms with Gasteiger partial charge in [0.2, 0.25) is 0 Å². The van der Waals surface area contributed by atoms with Crippen molar-refractivity contribution in [1.29, 1.82) is 0 Å². The van der Waals surface area contributed by atoms with Crippen LogP contribution in [0, 0.1) is 0 Å². The summed E-state index contributed by atoms with van der Waals surface area (Å²) in [5.41, 5.74) is 4.21. The molecular formula is C20H14BrClN4O2S. The summed E-state index contributed by atoms with van der Waals surface area (Å²) in [6.07, 6.45) is 3.35. The molecular weight excluding hydrogens is 476 g/mol. The molecule has 4 aromatic rings. The van der Waals surface area contributed by atoms with E-state index in [1.54, 1.807) is 12.4 Å². The maximum Gasteiger partial charge on any atom is 0.263 e. The summed E-state index contributed by atoms with van der Waals surface area (Å²) in [5, 5.41) is 8.73. The molecule has 0 atom stereocenters. The Morgan fingerprint density at radius 1 is 1.21 bits per heavy atom. The number of rotatable bonds is 5. The van der Waals surface area contributed by atoms with E-state index in [1.165, 1.54) is 11.3 Å². The van der Waals surface area contributed by atoms with E-state index in [0.717, 1.165) is 31.0 Å². The standard InChI is InChI=1S/C20H14BrClN4O2S/c21-12-5-6-15-14(7-12)11(8-23-15)9-25-26-17(27)10-24-20(28)19-18(22)13-3-1-2-4-16(13)29-19/h1-9,23H,10H2,(H,24,28)(H,26,27)/b25-9-. The summed E-state index contributed by atoms with van der Waals surface area (Å²) in [4.78, 5) is 27.9. The van der Waals surface area contributed by atoms with E-state index in [1.807, 2.05) is 42.5 Å². The molecule has 29 heavy (non-hydrogen) atoms.